The van der Waals surface area contributed by atoms with Crippen LogP contribution in [0.2, 0.25) is 10.0 Å². The average Bonchev–Trinajstić information content (AvgIpc) is 3.26. The Balaban J connectivity index is 1.73. The highest BCUT2D eigenvalue weighted by molar-refractivity contribution is 7.98. The molecule has 4 rings (SSSR count). The summed E-state index contributed by atoms with van der Waals surface area (Å²) in [6.07, 6.45) is 0. The van der Waals surface area contributed by atoms with Gasteiger partial charge in [0.15, 0.2) is 0 Å². The van der Waals surface area contributed by atoms with Crippen molar-refractivity contribution in [2.75, 3.05) is 12.8 Å². The molecule has 3 heterocycles. The second-order valence-electron chi connectivity index (χ2n) is 6.98. The maximum atomic E-state index is 14.2. The summed E-state index contributed by atoms with van der Waals surface area (Å²) in [5.41, 5.74) is 5.17. The molecule has 0 bridgehead atoms. The van der Waals surface area contributed by atoms with E-state index in [1.165, 1.54) is 33.8 Å². The quantitative estimate of drug-likeness (QED) is 0.562. The normalized spacial score (nSPS) is 24.2. The number of nitrogens with zero attached hydrogens (tertiary/aromatic N) is 4. The van der Waals surface area contributed by atoms with E-state index in [2.05, 4.69) is 21.1 Å². The predicted octanol–water partition coefficient (Wildman–Crippen LogP) is 4.02. The van der Waals surface area contributed by atoms with E-state index >= 15 is 0 Å². The smallest absolute Gasteiger partial charge is 0.258 e. The van der Waals surface area contributed by atoms with Crippen molar-refractivity contribution < 1.29 is 13.0 Å². The van der Waals surface area contributed by atoms with Gasteiger partial charge in [0.2, 0.25) is 5.96 Å². The zero-order valence-electron chi connectivity index (χ0n) is 15.9. The van der Waals surface area contributed by atoms with E-state index in [-0.39, 0.29) is 34.1 Å². The molecule has 30 heavy (non-hydrogen) atoms. The molecule has 0 spiro atoms. The van der Waals surface area contributed by atoms with Crippen LogP contribution in [0, 0.1) is 5.82 Å². The molecule has 0 aliphatic carbocycles. The third-order valence-corrected chi connectivity index (χ3v) is 8.88. The molecule has 2 N–H and O–H groups in total. The van der Waals surface area contributed by atoms with Gasteiger partial charge in [0.05, 0.1) is 35.8 Å². The van der Waals surface area contributed by atoms with Gasteiger partial charge in [-0.25, -0.2) is 13.6 Å². The fourth-order valence-electron chi connectivity index (χ4n) is 3.11. The summed E-state index contributed by atoms with van der Waals surface area (Å²) in [7, 11) is -1.07. The molecule has 1 aliphatic rings. The van der Waals surface area contributed by atoms with Gasteiger partial charge in [0, 0.05) is 12.1 Å². The van der Waals surface area contributed by atoms with Gasteiger partial charge >= 0.3 is 0 Å². The van der Waals surface area contributed by atoms with Crippen molar-refractivity contribution >= 4 is 56.1 Å². The number of benzene rings is 1. The number of nitrogens with two attached hydrogens (primary N) is 1. The summed E-state index contributed by atoms with van der Waals surface area (Å²) >= 11 is 13.5. The van der Waals surface area contributed by atoms with Crippen molar-refractivity contribution in [3.63, 3.8) is 0 Å². The minimum atomic E-state index is -2.66. The molecule has 7 nitrogen and oxygen atoms in total. The van der Waals surface area contributed by atoms with Crippen LogP contribution in [0.5, 0.6) is 0 Å². The van der Waals surface area contributed by atoms with Crippen molar-refractivity contribution in [1.29, 1.82) is 0 Å². The number of rotatable bonds is 3. The Kier molecular flexibility index (Phi) is 5.08. The molecule has 0 saturated heterocycles. The molecule has 0 saturated carbocycles. The lowest BCUT2D eigenvalue weighted by molar-refractivity contribution is 0.522. The molecule has 3 aromatic rings. The molecule has 1 aromatic carbocycles. The summed E-state index contributed by atoms with van der Waals surface area (Å²) in [5, 5.41) is 8.58. The highest BCUT2D eigenvalue weighted by Gasteiger charge is 2.40. The first kappa shape index (κ1) is 21.1. The van der Waals surface area contributed by atoms with Crippen molar-refractivity contribution in [2.24, 2.45) is 10.7 Å². The Morgan fingerprint density at radius 1 is 1.33 bits per heavy atom. The number of guanidine groups is 1. The van der Waals surface area contributed by atoms with Crippen LogP contribution in [-0.2, 0) is 15.2 Å². The Morgan fingerprint density at radius 3 is 2.70 bits per heavy atom. The van der Waals surface area contributed by atoms with E-state index in [9.17, 15) is 8.60 Å². The van der Waals surface area contributed by atoms with Crippen molar-refractivity contribution in [1.82, 2.24) is 14.5 Å². The van der Waals surface area contributed by atoms with E-state index in [0.29, 0.717) is 14.8 Å². The van der Waals surface area contributed by atoms with Crippen LogP contribution in [0.1, 0.15) is 11.8 Å². The van der Waals surface area contributed by atoms with E-state index in [1.54, 1.807) is 20.0 Å². The average molecular weight is 488 g/mol. The lowest BCUT2D eigenvalue weighted by atomic mass is 10.0. The van der Waals surface area contributed by atoms with Crippen LogP contribution in [-0.4, -0.2) is 43.3 Å². The third-order valence-electron chi connectivity index (χ3n) is 4.66. The third kappa shape index (κ3) is 3.58. The van der Waals surface area contributed by atoms with Crippen molar-refractivity contribution in [3.05, 3.63) is 45.0 Å². The molecule has 12 heteroatoms. The van der Waals surface area contributed by atoms with Crippen molar-refractivity contribution in [2.45, 2.75) is 12.5 Å². The fraction of sp³-hybridized carbons (Fsp3) is 0.222. The SMILES string of the molecule is C=S1(=O)C[C@@](C)(c2sc(-c3nnc(-c4ccc(Cl)cc4F)o3)cc2Cl)N=C(N)N1C. The van der Waals surface area contributed by atoms with Gasteiger partial charge in [-0.3, -0.25) is 4.31 Å². The summed E-state index contributed by atoms with van der Waals surface area (Å²) in [6.45, 7) is 1.79. The topological polar surface area (TPSA) is 97.6 Å². The highest BCUT2D eigenvalue weighted by atomic mass is 35.5. The summed E-state index contributed by atoms with van der Waals surface area (Å²) in [5.74, 6) is 3.66. The van der Waals surface area contributed by atoms with Gasteiger partial charge in [-0.05, 0) is 37.1 Å². The predicted molar refractivity (Wildman–Crippen MR) is 120 cm³/mol. The van der Waals surface area contributed by atoms with E-state index in [1.807, 2.05) is 0 Å². The molecule has 1 unspecified atom stereocenters. The molecule has 0 radical (unpaired) electrons. The maximum absolute atomic E-state index is 14.2. The molecular weight excluding hydrogens is 472 g/mol. The van der Waals surface area contributed by atoms with Gasteiger partial charge < -0.3 is 10.2 Å². The molecule has 0 fully saturated rings. The number of hydrogen-bond donors (Lipinski definition) is 1. The minimum absolute atomic E-state index is 0.0128. The zero-order chi connectivity index (χ0) is 21.8. The number of thiophene rings is 1. The first-order chi connectivity index (χ1) is 14.0. The number of halogens is 3. The summed E-state index contributed by atoms with van der Waals surface area (Å²) in [6, 6.07) is 5.81. The Bertz CT molecular complexity index is 1290. The molecular formula is C18H16Cl2FN5O2S2. The molecule has 158 valence electrons. The number of aromatic nitrogens is 2. The highest BCUT2D eigenvalue weighted by Crippen LogP contribution is 2.44. The van der Waals surface area contributed by atoms with Gasteiger partial charge in [0.1, 0.15) is 11.4 Å². The van der Waals surface area contributed by atoms with Crippen LogP contribution in [0.25, 0.3) is 22.2 Å². The molecule has 1 aliphatic heterocycles. The zero-order valence-corrected chi connectivity index (χ0v) is 19.0. The Labute approximate surface area is 186 Å². The van der Waals surface area contributed by atoms with Crippen LogP contribution in [0.4, 0.5) is 4.39 Å². The van der Waals surface area contributed by atoms with Crippen LogP contribution < -0.4 is 5.73 Å². The fourth-order valence-corrected chi connectivity index (χ4v) is 6.58. The van der Waals surface area contributed by atoms with Crippen LogP contribution in [0.15, 0.2) is 33.7 Å². The number of hydrogen-bond acceptors (Lipinski definition) is 7. The molecule has 0 amide bonds. The second kappa shape index (κ2) is 7.23. The Morgan fingerprint density at radius 2 is 2.03 bits per heavy atom. The largest absolute Gasteiger partial charge is 0.415 e. The van der Waals surface area contributed by atoms with Gasteiger partial charge in [-0.2, -0.15) is 0 Å². The van der Waals surface area contributed by atoms with E-state index < -0.39 is 21.1 Å². The van der Waals surface area contributed by atoms with Gasteiger partial charge in [0.25, 0.3) is 11.8 Å². The lowest BCUT2D eigenvalue weighted by Gasteiger charge is -2.36. The Hall–Kier alpha value is -2.14. The lowest BCUT2D eigenvalue weighted by Crippen LogP contribution is -2.50. The van der Waals surface area contributed by atoms with Gasteiger partial charge in [-0.15, -0.1) is 21.5 Å². The van der Waals surface area contributed by atoms with Crippen molar-refractivity contribution in [3.8, 4) is 22.2 Å². The first-order valence-corrected chi connectivity index (χ1v) is 12.0. The van der Waals surface area contributed by atoms with E-state index in [4.69, 9.17) is 33.4 Å². The van der Waals surface area contributed by atoms with Crippen LogP contribution >= 0.6 is 34.5 Å². The summed E-state index contributed by atoms with van der Waals surface area (Å²) < 4.78 is 34.1. The summed E-state index contributed by atoms with van der Waals surface area (Å²) in [4.78, 5) is 5.71. The first-order valence-electron chi connectivity index (χ1n) is 8.53. The molecule has 2 aromatic heterocycles. The minimum Gasteiger partial charge on any atom is -0.415 e. The second-order valence-corrected chi connectivity index (χ2v) is 11.3. The maximum Gasteiger partial charge on any atom is 0.258 e. The monoisotopic (exact) mass is 487 g/mol. The standard InChI is InChI=1S/C18H16Cl2FN5O2S2/c1-18(8-30(3,27)26(2)17(22)23-18)14-11(20)7-13(29-14)16-25-24-15(28-16)10-5-4-9(19)6-12(10)21/h4-7H,3,8H2,1-2H3,(H2,22,23)/t18-,30?/m0/s1. The van der Waals surface area contributed by atoms with Gasteiger partial charge in [-0.1, -0.05) is 23.2 Å². The van der Waals surface area contributed by atoms with Crippen LogP contribution in [0.3, 0.4) is 0 Å². The van der Waals surface area contributed by atoms with E-state index in [0.717, 1.165) is 0 Å². The molecule has 2 atom stereocenters. The number of aliphatic imine (C=N–C) groups is 1.